The van der Waals surface area contributed by atoms with Crippen LogP contribution in [-0.2, 0) is 17.8 Å². The van der Waals surface area contributed by atoms with E-state index in [2.05, 4.69) is 25.6 Å². The van der Waals surface area contributed by atoms with Crippen molar-refractivity contribution in [3.05, 3.63) is 65.1 Å². The van der Waals surface area contributed by atoms with Crippen LogP contribution in [0.1, 0.15) is 17.0 Å². The lowest BCUT2D eigenvalue weighted by molar-refractivity contribution is -0.120. The lowest BCUT2D eigenvalue weighted by atomic mass is 10.2. The Morgan fingerprint density at radius 2 is 2.00 bits per heavy atom. The minimum atomic E-state index is -0.0580. The lowest BCUT2D eigenvalue weighted by Crippen LogP contribution is -2.24. The van der Waals surface area contributed by atoms with Gasteiger partial charge in [-0.05, 0) is 36.8 Å². The predicted molar refractivity (Wildman–Crippen MR) is 94.2 cm³/mol. The highest BCUT2D eigenvalue weighted by molar-refractivity contribution is 7.13. The van der Waals surface area contributed by atoms with Gasteiger partial charge < -0.3 is 10.6 Å². The van der Waals surface area contributed by atoms with Gasteiger partial charge >= 0.3 is 0 Å². The number of anilines is 2. The van der Waals surface area contributed by atoms with Crippen LogP contribution in [0.3, 0.4) is 0 Å². The van der Waals surface area contributed by atoms with Gasteiger partial charge in [0.2, 0.25) is 5.91 Å². The first-order valence-electron chi connectivity index (χ1n) is 7.50. The number of hydrogen-bond donors (Lipinski definition) is 2. The minimum Gasteiger partial charge on any atom is -0.352 e. The molecule has 0 spiro atoms. The first kappa shape index (κ1) is 16.1. The quantitative estimate of drug-likeness (QED) is 0.722. The Labute approximate surface area is 144 Å². The fraction of sp³-hybridized carbons (Fsp3) is 0.176. The molecule has 0 saturated carbocycles. The molecular formula is C17H17N5OS. The SMILES string of the molecule is Cc1cccc(Nc2nc(CC(=O)NCc3ccncc3)cs2)n1. The number of nitrogens with one attached hydrogen (secondary N) is 2. The van der Waals surface area contributed by atoms with Crippen LogP contribution in [0.2, 0.25) is 0 Å². The molecule has 3 heterocycles. The monoisotopic (exact) mass is 339 g/mol. The molecular weight excluding hydrogens is 322 g/mol. The third-order valence-corrected chi connectivity index (χ3v) is 4.06. The molecule has 3 aromatic heterocycles. The van der Waals surface area contributed by atoms with Crippen molar-refractivity contribution in [2.24, 2.45) is 0 Å². The topological polar surface area (TPSA) is 79.8 Å². The molecule has 7 heteroatoms. The zero-order valence-electron chi connectivity index (χ0n) is 13.2. The highest BCUT2D eigenvalue weighted by Crippen LogP contribution is 2.20. The van der Waals surface area contributed by atoms with Crippen LogP contribution in [-0.4, -0.2) is 20.9 Å². The molecule has 0 aliphatic rings. The molecule has 0 aromatic carbocycles. The van der Waals surface area contributed by atoms with Gasteiger partial charge in [0.25, 0.3) is 0 Å². The van der Waals surface area contributed by atoms with Gasteiger partial charge in [0.1, 0.15) is 5.82 Å². The number of amides is 1. The number of aryl methyl sites for hydroxylation is 1. The maximum Gasteiger partial charge on any atom is 0.226 e. The summed E-state index contributed by atoms with van der Waals surface area (Å²) in [6.07, 6.45) is 3.67. The summed E-state index contributed by atoms with van der Waals surface area (Å²) >= 11 is 1.46. The molecule has 24 heavy (non-hydrogen) atoms. The molecule has 1 amide bonds. The highest BCUT2D eigenvalue weighted by Gasteiger charge is 2.08. The number of pyridine rings is 2. The first-order chi connectivity index (χ1) is 11.7. The zero-order valence-corrected chi connectivity index (χ0v) is 14.0. The van der Waals surface area contributed by atoms with Crippen molar-refractivity contribution >= 4 is 28.2 Å². The van der Waals surface area contributed by atoms with Crippen LogP contribution >= 0.6 is 11.3 Å². The maximum atomic E-state index is 12.0. The highest BCUT2D eigenvalue weighted by atomic mass is 32.1. The molecule has 0 fully saturated rings. The van der Waals surface area contributed by atoms with E-state index in [0.29, 0.717) is 6.54 Å². The van der Waals surface area contributed by atoms with E-state index in [0.717, 1.165) is 27.9 Å². The zero-order chi connectivity index (χ0) is 16.8. The van der Waals surface area contributed by atoms with E-state index >= 15 is 0 Å². The third-order valence-electron chi connectivity index (χ3n) is 3.26. The van der Waals surface area contributed by atoms with Gasteiger partial charge in [-0.3, -0.25) is 9.78 Å². The van der Waals surface area contributed by atoms with Gasteiger partial charge in [-0.1, -0.05) is 6.07 Å². The molecule has 6 nitrogen and oxygen atoms in total. The number of hydrogen-bond acceptors (Lipinski definition) is 6. The molecule has 3 rings (SSSR count). The Morgan fingerprint density at radius 1 is 1.17 bits per heavy atom. The Balaban J connectivity index is 1.53. The number of thiazole rings is 1. The second-order valence-electron chi connectivity index (χ2n) is 5.24. The van der Waals surface area contributed by atoms with Gasteiger partial charge in [-0.2, -0.15) is 0 Å². The summed E-state index contributed by atoms with van der Waals surface area (Å²) in [5.74, 6) is 0.690. The molecule has 0 aliphatic carbocycles. The summed E-state index contributed by atoms with van der Waals surface area (Å²) < 4.78 is 0. The molecule has 0 bridgehead atoms. The fourth-order valence-electron chi connectivity index (χ4n) is 2.10. The first-order valence-corrected chi connectivity index (χ1v) is 8.38. The van der Waals surface area contributed by atoms with Crippen molar-refractivity contribution in [2.75, 3.05) is 5.32 Å². The molecule has 122 valence electrons. The van der Waals surface area contributed by atoms with Crippen LogP contribution in [0.25, 0.3) is 0 Å². The van der Waals surface area contributed by atoms with Gasteiger partial charge in [0, 0.05) is 30.0 Å². The lowest BCUT2D eigenvalue weighted by Gasteiger charge is -2.04. The van der Waals surface area contributed by atoms with Crippen LogP contribution in [0.15, 0.2) is 48.1 Å². The average molecular weight is 339 g/mol. The molecule has 2 N–H and O–H groups in total. The van der Waals surface area contributed by atoms with Crippen molar-refractivity contribution < 1.29 is 4.79 Å². The summed E-state index contributed by atoms with van der Waals surface area (Å²) in [6, 6.07) is 9.51. The molecule has 0 atom stereocenters. The molecule has 0 saturated heterocycles. The van der Waals surface area contributed by atoms with E-state index in [1.54, 1.807) is 12.4 Å². The second kappa shape index (κ2) is 7.65. The minimum absolute atomic E-state index is 0.0580. The molecule has 3 aromatic rings. The van der Waals surface area contributed by atoms with Gasteiger partial charge in [-0.15, -0.1) is 11.3 Å². The normalized spacial score (nSPS) is 10.4. The summed E-state index contributed by atoms with van der Waals surface area (Å²) in [4.78, 5) is 24.8. The van der Waals surface area contributed by atoms with Crippen molar-refractivity contribution in [3.63, 3.8) is 0 Å². The summed E-state index contributed by atoms with van der Waals surface area (Å²) in [7, 11) is 0. The van der Waals surface area contributed by atoms with Gasteiger partial charge in [-0.25, -0.2) is 9.97 Å². The van der Waals surface area contributed by atoms with Crippen LogP contribution in [0, 0.1) is 6.92 Å². The van der Waals surface area contributed by atoms with Gasteiger partial charge in [0.05, 0.1) is 12.1 Å². The van der Waals surface area contributed by atoms with Crippen molar-refractivity contribution in [1.29, 1.82) is 0 Å². The van der Waals surface area contributed by atoms with E-state index in [4.69, 9.17) is 0 Å². The number of nitrogens with zero attached hydrogens (tertiary/aromatic N) is 3. The number of carbonyl (C=O) groups is 1. The van der Waals surface area contributed by atoms with Crippen LogP contribution in [0.5, 0.6) is 0 Å². The van der Waals surface area contributed by atoms with Crippen molar-refractivity contribution in [3.8, 4) is 0 Å². The standard InChI is InChI=1S/C17H17N5OS/c1-12-3-2-4-15(20-12)22-17-21-14(11-24-17)9-16(23)19-10-13-5-7-18-8-6-13/h2-8,11H,9-10H2,1H3,(H,19,23)(H,20,21,22). The smallest absolute Gasteiger partial charge is 0.226 e. The van der Waals surface area contributed by atoms with Crippen LogP contribution in [0.4, 0.5) is 10.9 Å². The number of rotatable bonds is 6. The van der Waals surface area contributed by atoms with Crippen molar-refractivity contribution in [1.82, 2.24) is 20.3 Å². The maximum absolute atomic E-state index is 12.0. The predicted octanol–water partition coefficient (Wildman–Crippen LogP) is 2.84. The molecule has 0 aliphatic heterocycles. The van der Waals surface area contributed by atoms with E-state index in [9.17, 15) is 4.79 Å². The number of aromatic nitrogens is 3. The second-order valence-corrected chi connectivity index (χ2v) is 6.10. The molecule has 0 unspecified atom stereocenters. The Kier molecular flexibility index (Phi) is 5.12. The average Bonchev–Trinajstić information content (AvgIpc) is 3.01. The van der Waals surface area contributed by atoms with E-state index in [-0.39, 0.29) is 12.3 Å². The Morgan fingerprint density at radius 3 is 2.79 bits per heavy atom. The van der Waals surface area contributed by atoms with Crippen molar-refractivity contribution in [2.45, 2.75) is 19.9 Å². The molecule has 0 radical (unpaired) electrons. The summed E-state index contributed by atoms with van der Waals surface area (Å²) in [6.45, 7) is 2.43. The van der Waals surface area contributed by atoms with E-state index in [1.165, 1.54) is 11.3 Å². The number of carbonyl (C=O) groups excluding carboxylic acids is 1. The fourth-order valence-corrected chi connectivity index (χ4v) is 2.81. The third kappa shape index (κ3) is 4.60. The largest absolute Gasteiger partial charge is 0.352 e. The Bertz CT molecular complexity index is 819. The van der Waals surface area contributed by atoms with Crippen LogP contribution < -0.4 is 10.6 Å². The van der Waals surface area contributed by atoms with E-state index < -0.39 is 0 Å². The summed E-state index contributed by atoms with van der Waals surface area (Å²) in [5.41, 5.74) is 2.69. The van der Waals surface area contributed by atoms with Gasteiger partial charge in [0.15, 0.2) is 5.13 Å². The summed E-state index contributed by atoms with van der Waals surface area (Å²) in [5, 5.41) is 8.64. The Hall–Kier alpha value is -2.80. The van der Waals surface area contributed by atoms with E-state index in [1.807, 2.05) is 42.6 Å².